The fraction of sp³-hybridized carbons (Fsp3) is 0.150. The number of carbonyl (C=O) groups excluding carboxylic acids is 1. The first-order valence-electron chi connectivity index (χ1n) is 7.55. The zero-order valence-corrected chi connectivity index (χ0v) is 12.7. The van der Waals surface area contributed by atoms with Crippen molar-refractivity contribution in [3.05, 3.63) is 77.9 Å². The predicted molar refractivity (Wildman–Crippen MR) is 92.6 cm³/mol. The van der Waals surface area contributed by atoms with E-state index < -0.39 is 0 Å². The van der Waals surface area contributed by atoms with Crippen LogP contribution < -0.4 is 5.32 Å². The topological polar surface area (TPSA) is 29.1 Å². The molecule has 0 bridgehead atoms. The van der Waals surface area contributed by atoms with Crippen LogP contribution in [0.15, 0.2) is 66.7 Å². The molecule has 0 saturated carbocycles. The van der Waals surface area contributed by atoms with Crippen LogP contribution in [0, 0.1) is 6.92 Å². The number of rotatable bonds is 5. The fourth-order valence-electron chi connectivity index (χ4n) is 2.58. The zero-order chi connectivity index (χ0) is 15.4. The Labute approximate surface area is 130 Å². The van der Waals surface area contributed by atoms with E-state index in [9.17, 15) is 4.79 Å². The summed E-state index contributed by atoms with van der Waals surface area (Å²) in [5, 5.41) is 5.58. The summed E-state index contributed by atoms with van der Waals surface area (Å²) in [6.07, 6.45) is 0.492. The first-order chi connectivity index (χ1) is 10.7. The standard InChI is InChI=1S/C20H19NO/c1-15-5-4-8-19(13-15)21-12-11-20(22)18-10-9-16-6-2-3-7-17(16)14-18/h2-10,13-14,21H,11-12H2,1H3. The molecule has 3 rings (SSSR count). The van der Waals surface area contributed by atoms with Crippen LogP contribution in [0.1, 0.15) is 22.3 Å². The fourth-order valence-corrected chi connectivity index (χ4v) is 2.58. The van der Waals surface area contributed by atoms with Crippen LogP contribution in [0.4, 0.5) is 5.69 Å². The molecule has 0 aliphatic rings. The molecular formula is C20H19NO. The Morgan fingerprint density at radius 3 is 2.55 bits per heavy atom. The second-order valence-corrected chi connectivity index (χ2v) is 5.53. The highest BCUT2D eigenvalue weighted by atomic mass is 16.1. The van der Waals surface area contributed by atoms with Crippen molar-refractivity contribution in [3.63, 3.8) is 0 Å². The van der Waals surface area contributed by atoms with Crippen molar-refractivity contribution in [3.8, 4) is 0 Å². The maximum atomic E-state index is 12.3. The van der Waals surface area contributed by atoms with Crippen LogP contribution in [0.25, 0.3) is 10.8 Å². The molecule has 0 amide bonds. The second-order valence-electron chi connectivity index (χ2n) is 5.53. The number of hydrogen-bond acceptors (Lipinski definition) is 2. The molecule has 0 unspecified atom stereocenters. The molecule has 0 aliphatic heterocycles. The van der Waals surface area contributed by atoms with E-state index in [0.717, 1.165) is 22.0 Å². The van der Waals surface area contributed by atoms with Gasteiger partial charge in [-0.05, 0) is 41.5 Å². The summed E-state index contributed by atoms with van der Waals surface area (Å²) in [5.74, 6) is 0.172. The number of benzene rings is 3. The van der Waals surface area contributed by atoms with E-state index in [1.807, 2.05) is 48.5 Å². The Morgan fingerprint density at radius 1 is 0.909 bits per heavy atom. The number of aryl methyl sites for hydroxylation is 1. The third-order valence-electron chi connectivity index (χ3n) is 3.77. The SMILES string of the molecule is Cc1cccc(NCCC(=O)c2ccc3ccccc3c2)c1. The van der Waals surface area contributed by atoms with E-state index in [2.05, 4.69) is 30.4 Å². The Morgan fingerprint density at radius 2 is 1.73 bits per heavy atom. The normalized spacial score (nSPS) is 10.6. The summed E-state index contributed by atoms with van der Waals surface area (Å²) >= 11 is 0. The highest BCUT2D eigenvalue weighted by molar-refractivity contribution is 6.00. The van der Waals surface area contributed by atoms with Gasteiger partial charge in [0.15, 0.2) is 5.78 Å². The number of anilines is 1. The average molecular weight is 289 g/mol. The predicted octanol–water partition coefficient (Wildman–Crippen LogP) is 4.83. The second kappa shape index (κ2) is 6.44. The van der Waals surface area contributed by atoms with Gasteiger partial charge >= 0.3 is 0 Å². The lowest BCUT2D eigenvalue weighted by Crippen LogP contribution is -2.08. The van der Waals surface area contributed by atoms with Gasteiger partial charge in [0.25, 0.3) is 0 Å². The zero-order valence-electron chi connectivity index (χ0n) is 12.7. The van der Waals surface area contributed by atoms with Crippen molar-refractivity contribution in [1.82, 2.24) is 0 Å². The molecule has 3 aromatic carbocycles. The van der Waals surface area contributed by atoms with Crippen LogP contribution in [0.5, 0.6) is 0 Å². The largest absolute Gasteiger partial charge is 0.385 e. The van der Waals surface area contributed by atoms with Crippen molar-refractivity contribution >= 4 is 22.2 Å². The summed E-state index contributed by atoms with van der Waals surface area (Å²) in [6, 6.07) is 22.2. The Hall–Kier alpha value is -2.61. The number of carbonyl (C=O) groups is 1. The third kappa shape index (κ3) is 3.34. The van der Waals surface area contributed by atoms with E-state index in [4.69, 9.17) is 0 Å². The Kier molecular flexibility index (Phi) is 4.19. The van der Waals surface area contributed by atoms with Crippen molar-refractivity contribution in [2.24, 2.45) is 0 Å². The van der Waals surface area contributed by atoms with E-state index in [0.29, 0.717) is 13.0 Å². The summed E-state index contributed by atoms with van der Waals surface area (Å²) in [7, 11) is 0. The number of ketones is 1. The first kappa shape index (κ1) is 14.3. The van der Waals surface area contributed by atoms with Crippen LogP contribution in [0.3, 0.4) is 0 Å². The van der Waals surface area contributed by atoms with Gasteiger partial charge in [-0.15, -0.1) is 0 Å². The van der Waals surface area contributed by atoms with E-state index in [1.54, 1.807) is 0 Å². The number of hydrogen-bond donors (Lipinski definition) is 1. The monoisotopic (exact) mass is 289 g/mol. The van der Waals surface area contributed by atoms with Crippen LogP contribution in [0.2, 0.25) is 0 Å². The first-order valence-corrected chi connectivity index (χ1v) is 7.55. The highest BCUT2D eigenvalue weighted by Crippen LogP contribution is 2.17. The lowest BCUT2D eigenvalue weighted by atomic mass is 10.0. The Balaban J connectivity index is 1.63. The van der Waals surface area contributed by atoms with Gasteiger partial charge in [0, 0.05) is 24.2 Å². The van der Waals surface area contributed by atoms with E-state index in [1.165, 1.54) is 5.56 Å². The lowest BCUT2D eigenvalue weighted by Gasteiger charge is -2.07. The van der Waals surface area contributed by atoms with Crippen LogP contribution in [-0.2, 0) is 0 Å². The molecule has 3 aromatic rings. The van der Waals surface area contributed by atoms with Crippen LogP contribution >= 0.6 is 0 Å². The van der Waals surface area contributed by atoms with Gasteiger partial charge in [-0.2, -0.15) is 0 Å². The third-order valence-corrected chi connectivity index (χ3v) is 3.77. The average Bonchev–Trinajstić information content (AvgIpc) is 2.54. The maximum Gasteiger partial charge on any atom is 0.164 e. The smallest absolute Gasteiger partial charge is 0.164 e. The highest BCUT2D eigenvalue weighted by Gasteiger charge is 2.06. The quantitative estimate of drug-likeness (QED) is 0.681. The number of fused-ring (bicyclic) bond motifs is 1. The van der Waals surface area contributed by atoms with Gasteiger partial charge in [0.2, 0.25) is 0 Å². The molecule has 0 saturated heterocycles. The molecule has 0 radical (unpaired) electrons. The molecule has 0 heterocycles. The number of Topliss-reactive ketones (excluding diaryl/α,β-unsaturated/α-hetero) is 1. The van der Waals surface area contributed by atoms with Crippen molar-refractivity contribution in [1.29, 1.82) is 0 Å². The lowest BCUT2D eigenvalue weighted by molar-refractivity contribution is 0.0986. The van der Waals surface area contributed by atoms with Gasteiger partial charge in [-0.25, -0.2) is 0 Å². The molecule has 0 fully saturated rings. The van der Waals surface area contributed by atoms with Crippen molar-refractivity contribution in [2.75, 3.05) is 11.9 Å². The van der Waals surface area contributed by atoms with Gasteiger partial charge < -0.3 is 5.32 Å². The summed E-state index contributed by atoms with van der Waals surface area (Å²) in [4.78, 5) is 12.3. The summed E-state index contributed by atoms with van der Waals surface area (Å²) < 4.78 is 0. The van der Waals surface area contributed by atoms with Crippen molar-refractivity contribution < 1.29 is 4.79 Å². The molecule has 0 aromatic heterocycles. The molecule has 1 N–H and O–H groups in total. The molecule has 0 spiro atoms. The maximum absolute atomic E-state index is 12.3. The van der Waals surface area contributed by atoms with Gasteiger partial charge in [0.05, 0.1) is 0 Å². The number of nitrogens with one attached hydrogen (secondary N) is 1. The minimum atomic E-state index is 0.172. The molecule has 2 nitrogen and oxygen atoms in total. The minimum absolute atomic E-state index is 0.172. The molecule has 2 heteroatoms. The summed E-state index contributed by atoms with van der Waals surface area (Å²) in [5.41, 5.74) is 3.06. The van der Waals surface area contributed by atoms with Gasteiger partial charge in [-0.1, -0.05) is 48.5 Å². The van der Waals surface area contributed by atoms with Crippen LogP contribution in [-0.4, -0.2) is 12.3 Å². The molecule has 22 heavy (non-hydrogen) atoms. The molecule has 0 atom stereocenters. The molecule has 110 valence electrons. The molecule has 0 aliphatic carbocycles. The molecular weight excluding hydrogens is 270 g/mol. The van der Waals surface area contributed by atoms with Gasteiger partial charge in [0.1, 0.15) is 0 Å². The Bertz CT molecular complexity index is 807. The summed E-state index contributed by atoms with van der Waals surface area (Å²) in [6.45, 7) is 2.71. The minimum Gasteiger partial charge on any atom is -0.385 e. The van der Waals surface area contributed by atoms with E-state index in [-0.39, 0.29) is 5.78 Å². The van der Waals surface area contributed by atoms with Gasteiger partial charge in [-0.3, -0.25) is 4.79 Å². The van der Waals surface area contributed by atoms with E-state index >= 15 is 0 Å². The van der Waals surface area contributed by atoms with Crippen molar-refractivity contribution in [2.45, 2.75) is 13.3 Å².